The molecule has 0 fully saturated rings. The summed E-state index contributed by atoms with van der Waals surface area (Å²) in [5, 5.41) is 22.7. The number of carbonyl (C=O) groups is 1. The maximum atomic E-state index is 12.9. The van der Waals surface area contributed by atoms with Gasteiger partial charge in [-0.3, -0.25) is 4.79 Å². The standard InChI is InChI=1S/C25H21IN4OS/c1-15-11-17(16(2)30(15)20-9-7-19(26)8-10-20)12-18(13-27)24(31)29-25-22(14-28)21-5-3-4-6-23(21)32-25/h7-12H,3-6H2,1-2H3,(H,29,31)/b18-12+. The predicted molar refractivity (Wildman–Crippen MR) is 136 cm³/mol. The number of fused-ring (bicyclic) bond motifs is 1. The first-order valence-electron chi connectivity index (χ1n) is 10.4. The minimum absolute atomic E-state index is 0.0168. The first kappa shape index (κ1) is 22.3. The second-order valence-electron chi connectivity index (χ2n) is 7.79. The molecule has 1 N–H and O–H groups in total. The maximum Gasteiger partial charge on any atom is 0.266 e. The molecule has 7 heteroatoms. The number of aromatic nitrogens is 1. The van der Waals surface area contributed by atoms with Crippen LogP contribution in [0.1, 0.15) is 45.8 Å². The van der Waals surface area contributed by atoms with Gasteiger partial charge < -0.3 is 9.88 Å². The molecule has 5 nitrogen and oxygen atoms in total. The lowest BCUT2D eigenvalue weighted by Gasteiger charge is -2.10. The van der Waals surface area contributed by atoms with E-state index in [0.717, 1.165) is 57.5 Å². The molecule has 2 aromatic heterocycles. The molecule has 0 saturated carbocycles. The molecule has 0 aliphatic heterocycles. The highest BCUT2D eigenvalue weighted by molar-refractivity contribution is 14.1. The summed E-state index contributed by atoms with van der Waals surface area (Å²) in [6.45, 7) is 3.98. The Kier molecular flexibility index (Phi) is 6.50. The first-order valence-corrected chi connectivity index (χ1v) is 12.2. The van der Waals surface area contributed by atoms with Crippen LogP contribution in [0.15, 0.2) is 35.9 Å². The van der Waals surface area contributed by atoms with E-state index in [1.165, 1.54) is 16.2 Å². The Labute approximate surface area is 205 Å². The van der Waals surface area contributed by atoms with E-state index in [4.69, 9.17) is 0 Å². The number of thiophene rings is 1. The number of anilines is 1. The molecule has 0 atom stereocenters. The monoisotopic (exact) mass is 552 g/mol. The molecule has 1 aromatic carbocycles. The van der Waals surface area contributed by atoms with Crippen molar-refractivity contribution in [2.45, 2.75) is 39.5 Å². The topological polar surface area (TPSA) is 81.6 Å². The Bertz CT molecular complexity index is 1320. The van der Waals surface area contributed by atoms with E-state index in [0.29, 0.717) is 10.6 Å². The number of nitrogens with one attached hydrogen (secondary N) is 1. The fraction of sp³-hybridized carbons (Fsp3) is 0.240. The highest BCUT2D eigenvalue weighted by Crippen LogP contribution is 2.37. The van der Waals surface area contributed by atoms with E-state index >= 15 is 0 Å². The summed E-state index contributed by atoms with van der Waals surface area (Å²) in [5.74, 6) is -0.485. The fourth-order valence-corrected chi connectivity index (χ4v) is 5.76. The number of carbonyl (C=O) groups excluding carboxylic acids is 1. The van der Waals surface area contributed by atoms with Crippen LogP contribution in [0.3, 0.4) is 0 Å². The number of benzene rings is 1. The SMILES string of the molecule is Cc1cc(/C=C(\C#N)C(=O)Nc2sc3c(c2C#N)CCCC3)c(C)n1-c1ccc(I)cc1. The number of nitriles is 2. The van der Waals surface area contributed by atoms with Crippen molar-refractivity contribution in [2.75, 3.05) is 5.32 Å². The van der Waals surface area contributed by atoms with Gasteiger partial charge >= 0.3 is 0 Å². The van der Waals surface area contributed by atoms with Crippen molar-refractivity contribution in [3.63, 3.8) is 0 Å². The number of aryl methyl sites for hydroxylation is 2. The van der Waals surface area contributed by atoms with Crippen LogP contribution in [0, 0.1) is 40.1 Å². The van der Waals surface area contributed by atoms with Crippen molar-refractivity contribution < 1.29 is 4.79 Å². The molecule has 1 amide bonds. The van der Waals surface area contributed by atoms with Gasteiger partial charge in [-0.2, -0.15) is 10.5 Å². The fourth-order valence-electron chi connectivity index (χ4n) is 4.17. The second kappa shape index (κ2) is 9.32. The minimum Gasteiger partial charge on any atom is -0.318 e. The van der Waals surface area contributed by atoms with E-state index in [2.05, 4.69) is 50.7 Å². The predicted octanol–water partition coefficient (Wildman–Crippen LogP) is 6.06. The van der Waals surface area contributed by atoms with Gasteiger partial charge in [0.15, 0.2) is 0 Å². The highest BCUT2D eigenvalue weighted by atomic mass is 127. The Morgan fingerprint density at radius 1 is 1.19 bits per heavy atom. The van der Waals surface area contributed by atoms with Crippen LogP contribution >= 0.6 is 33.9 Å². The molecular weight excluding hydrogens is 531 g/mol. The average Bonchev–Trinajstić information content (AvgIpc) is 3.28. The molecule has 32 heavy (non-hydrogen) atoms. The van der Waals surface area contributed by atoms with Crippen LogP contribution < -0.4 is 5.32 Å². The van der Waals surface area contributed by atoms with Crippen LogP contribution in [-0.4, -0.2) is 10.5 Å². The summed E-state index contributed by atoms with van der Waals surface area (Å²) >= 11 is 3.73. The Balaban J connectivity index is 1.64. The molecule has 0 radical (unpaired) electrons. The lowest BCUT2D eigenvalue weighted by molar-refractivity contribution is -0.112. The number of rotatable bonds is 4. The van der Waals surface area contributed by atoms with Gasteiger partial charge in [0.25, 0.3) is 5.91 Å². The largest absolute Gasteiger partial charge is 0.318 e. The van der Waals surface area contributed by atoms with Crippen molar-refractivity contribution in [2.24, 2.45) is 0 Å². The van der Waals surface area contributed by atoms with Crippen LogP contribution in [0.25, 0.3) is 11.8 Å². The van der Waals surface area contributed by atoms with Crippen LogP contribution in [0.2, 0.25) is 0 Å². The van der Waals surface area contributed by atoms with E-state index in [1.807, 2.05) is 38.1 Å². The number of nitrogens with zero attached hydrogens (tertiary/aromatic N) is 3. The molecule has 0 spiro atoms. The highest BCUT2D eigenvalue weighted by Gasteiger charge is 2.23. The zero-order valence-electron chi connectivity index (χ0n) is 17.8. The second-order valence-corrected chi connectivity index (χ2v) is 10.1. The van der Waals surface area contributed by atoms with E-state index < -0.39 is 5.91 Å². The molecule has 160 valence electrons. The zero-order valence-corrected chi connectivity index (χ0v) is 20.8. The van der Waals surface area contributed by atoms with Crippen molar-refractivity contribution in [3.05, 3.63) is 72.4 Å². The van der Waals surface area contributed by atoms with Gasteiger partial charge in [-0.15, -0.1) is 11.3 Å². The maximum absolute atomic E-state index is 12.9. The van der Waals surface area contributed by atoms with Crippen LogP contribution in [0.5, 0.6) is 0 Å². The third-order valence-corrected chi connectivity index (χ3v) is 7.66. The molecule has 1 aliphatic rings. The molecule has 0 saturated heterocycles. The van der Waals surface area contributed by atoms with Crippen molar-refractivity contribution in [3.8, 4) is 17.8 Å². The molecule has 4 rings (SSSR count). The zero-order chi connectivity index (χ0) is 22.8. The summed E-state index contributed by atoms with van der Waals surface area (Å²) in [6, 6.07) is 14.5. The van der Waals surface area contributed by atoms with Gasteiger partial charge in [0.1, 0.15) is 22.7 Å². The van der Waals surface area contributed by atoms with Gasteiger partial charge in [0, 0.05) is 25.5 Å². The summed E-state index contributed by atoms with van der Waals surface area (Å²) in [4.78, 5) is 14.1. The molecule has 0 bridgehead atoms. The quantitative estimate of drug-likeness (QED) is 0.243. The third kappa shape index (κ3) is 4.23. The Morgan fingerprint density at radius 3 is 2.59 bits per heavy atom. The molecule has 1 aliphatic carbocycles. The van der Waals surface area contributed by atoms with Crippen molar-refractivity contribution in [1.82, 2.24) is 4.57 Å². The molecule has 0 unspecified atom stereocenters. The average molecular weight is 552 g/mol. The first-order chi connectivity index (χ1) is 15.4. The number of hydrogen-bond acceptors (Lipinski definition) is 4. The van der Waals surface area contributed by atoms with Gasteiger partial charge in [-0.25, -0.2) is 0 Å². The van der Waals surface area contributed by atoms with Crippen molar-refractivity contribution in [1.29, 1.82) is 10.5 Å². The van der Waals surface area contributed by atoms with E-state index in [1.54, 1.807) is 6.08 Å². The third-order valence-electron chi connectivity index (χ3n) is 5.73. The lowest BCUT2D eigenvalue weighted by atomic mass is 9.96. The van der Waals surface area contributed by atoms with Crippen molar-refractivity contribution >= 4 is 50.9 Å². The van der Waals surface area contributed by atoms with E-state index in [-0.39, 0.29) is 5.57 Å². The Hall–Kier alpha value is -2.88. The van der Waals surface area contributed by atoms with Gasteiger partial charge in [-0.05, 0) is 110 Å². The lowest BCUT2D eigenvalue weighted by Crippen LogP contribution is -2.13. The normalized spacial score (nSPS) is 13.2. The minimum atomic E-state index is -0.485. The molecule has 2 heterocycles. The van der Waals surface area contributed by atoms with Gasteiger partial charge in [0.2, 0.25) is 0 Å². The summed E-state index contributed by atoms with van der Waals surface area (Å²) in [6.07, 6.45) is 5.60. The summed E-state index contributed by atoms with van der Waals surface area (Å²) in [5.41, 5.74) is 5.45. The summed E-state index contributed by atoms with van der Waals surface area (Å²) in [7, 11) is 0. The number of halogens is 1. The van der Waals surface area contributed by atoms with Gasteiger partial charge in [-0.1, -0.05) is 0 Å². The van der Waals surface area contributed by atoms with Crippen LogP contribution in [0.4, 0.5) is 5.00 Å². The molecule has 3 aromatic rings. The number of amides is 1. The van der Waals surface area contributed by atoms with Crippen LogP contribution in [-0.2, 0) is 17.6 Å². The number of hydrogen-bond donors (Lipinski definition) is 1. The van der Waals surface area contributed by atoms with Gasteiger partial charge in [0.05, 0.1) is 5.56 Å². The van der Waals surface area contributed by atoms with E-state index in [9.17, 15) is 15.3 Å². The molecular formula is C25H21IN4OS. The summed E-state index contributed by atoms with van der Waals surface area (Å²) < 4.78 is 3.26. The smallest absolute Gasteiger partial charge is 0.266 e. The Morgan fingerprint density at radius 2 is 1.91 bits per heavy atom.